The number of aromatic nitrogens is 1. The number of nitrogens with zero attached hydrogens (tertiary/aromatic N) is 2. The third kappa shape index (κ3) is 3.67. The monoisotopic (exact) mass is 263 g/mol. The van der Waals surface area contributed by atoms with Crippen LogP contribution in [0.5, 0.6) is 0 Å². The number of aryl methyl sites for hydroxylation is 1. The fraction of sp³-hybridized carbons (Fsp3) is 0.667. The number of methoxy groups -OCH3 is 1. The first-order valence-corrected chi connectivity index (χ1v) is 7.09. The van der Waals surface area contributed by atoms with Gasteiger partial charge in [-0.05, 0) is 44.2 Å². The first-order valence-electron chi connectivity index (χ1n) is 7.09. The van der Waals surface area contributed by atoms with E-state index in [0.29, 0.717) is 6.10 Å². The highest BCUT2D eigenvalue weighted by Crippen LogP contribution is 2.23. The summed E-state index contributed by atoms with van der Waals surface area (Å²) in [4.78, 5) is 7.00. The molecule has 0 aliphatic carbocycles. The molecule has 0 bridgehead atoms. The molecule has 1 aliphatic rings. The highest BCUT2D eigenvalue weighted by atomic mass is 16.5. The van der Waals surface area contributed by atoms with Gasteiger partial charge in [0.05, 0.1) is 6.10 Å². The van der Waals surface area contributed by atoms with E-state index >= 15 is 0 Å². The second-order valence-electron chi connectivity index (χ2n) is 5.59. The van der Waals surface area contributed by atoms with Crippen LogP contribution in [0.1, 0.15) is 30.9 Å². The van der Waals surface area contributed by atoms with Gasteiger partial charge in [0.1, 0.15) is 5.82 Å². The van der Waals surface area contributed by atoms with Crippen molar-refractivity contribution < 1.29 is 4.74 Å². The largest absolute Gasteiger partial charge is 0.381 e. The number of hydrogen-bond donors (Lipinski definition) is 1. The van der Waals surface area contributed by atoms with E-state index in [9.17, 15) is 0 Å². The normalized spacial score (nSPS) is 18.6. The summed E-state index contributed by atoms with van der Waals surface area (Å²) in [5.41, 5.74) is 8.30. The number of ether oxygens (including phenoxy) is 1. The lowest BCUT2D eigenvalue weighted by Gasteiger charge is -2.33. The Bertz CT molecular complexity index is 412. The van der Waals surface area contributed by atoms with E-state index in [1.165, 1.54) is 11.1 Å². The van der Waals surface area contributed by atoms with E-state index in [-0.39, 0.29) is 6.04 Å². The third-order valence-electron chi connectivity index (χ3n) is 3.74. The Morgan fingerprint density at radius 2 is 2.16 bits per heavy atom. The zero-order valence-corrected chi connectivity index (χ0v) is 12.2. The minimum atomic E-state index is 0.185. The number of piperidine rings is 1. The van der Waals surface area contributed by atoms with Gasteiger partial charge in [-0.15, -0.1) is 0 Å². The summed E-state index contributed by atoms with van der Waals surface area (Å²) in [5.74, 6) is 1.11. The number of rotatable bonds is 4. The maximum Gasteiger partial charge on any atom is 0.131 e. The van der Waals surface area contributed by atoms with E-state index in [0.717, 1.165) is 38.2 Å². The van der Waals surface area contributed by atoms with Gasteiger partial charge >= 0.3 is 0 Å². The van der Waals surface area contributed by atoms with Gasteiger partial charge < -0.3 is 15.4 Å². The van der Waals surface area contributed by atoms with Crippen molar-refractivity contribution >= 4 is 5.82 Å². The predicted molar refractivity (Wildman–Crippen MR) is 78.6 cm³/mol. The molecule has 1 fully saturated rings. The molecule has 4 heteroatoms. The summed E-state index contributed by atoms with van der Waals surface area (Å²) < 4.78 is 5.41. The molecule has 1 unspecified atom stereocenters. The summed E-state index contributed by atoms with van der Waals surface area (Å²) in [6.07, 6.45) is 5.43. The molecule has 1 aromatic rings. The molecule has 4 nitrogen and oxygen atoms in total. The second kappa shape index (κ2) is 6.35. The van der Waals surface area contributed by atoms with Crippen LogP contribution >= 0.6 is 0 Å². The Kier molecular flexibility index (Phi) is 4.77. The first kappa shape index (κ1) is 14.3. The number of hydrogen-bond acceptors (Lipinski definition) is 4. The molecule has 0 radical (unpaired) electrons. The van der Waals surface area contributed by atoms with Crippen molar-refractivity contribution in [3.63, 3.8) is 0 Å². The van der Waals surface area contributed by atoms with Crippen LogP contribution in [-0.2, 0) is 11.2 Å². The van der Waals surface area contributed by atoms with Crippen LogP contribution in [0.25, 0.3) is 0 Å². The molecular weight excluding hydrogens is 238 g/mol. The highest BCUT2D eigenvalue weighted by molar-refractivity contribution is 5.47. The minimum absolute atomic E-state index is 0.185. The summed E-state index contributed by atoms with van der Waals surface area (Å²) >= 11 is 0. The lowest BCUT2D eigenvalue weighted by atomic mass is 10.1. The molecule has 0 saturated carbocycles. The Labute approximate surface area is 116 Å². The average molecular weight is 263 g/mol. The van der Waals surface area contributed by atoms with E-state index in [1.54, 1.807) is 7.11 Å². The molecule has 1 atom stereocenters. The first-order chi connectivity index (χ1) is 9.10. The maximum atomic E-state index is 5.83. The molecule has 0 spiro atoms. The van der Waals surface area contributed by atoms with Crippen molar-refractivity contribution in [2.24, 2.45) is 5.73 Å². The van der Waals surface area contributed by atoms with Gasteiger partial charge in [0.2, 0.25) is 0 Å². The van der Waals surface area contributed by atoms with Crippen molar-refractivity contribution in [3.8, 4) is 0 Å². The van der Waals surface area contributed by atoms with Crippen LogP contribution in [-0.4, -0.2) is 37.3 Å². The molecule has 0 amide bonds. The third-order valence-corrected chi connectivity index (χ3v) is 3.74. The number of pyridine rings is 1. The quantitative estimate of drug-likeness (QED) is 0.901. The van der Waals surface area contributed by atoms with Crippen molar-refractivity contribution in [2.45, 2.75) is 45.3 Å². The van der Waals surface area contributed by atoms with E-state index in [1.807, 2.05) is 13.1 Å². The van der Waals surface area contributed by atoms with Crippen LogP contribution in [0, 0.1) is 6.92 Å². The van der Waals surface area contributed by atoms with Gasteiger partial charge in [0.25, 0.3) is 0 Å². The lowest BCUT2D eigenvalue weighted by Crippen LogP contribution is -2.37. The second-order valence-corrected chi connectivity index (χ2v) is 5.59. The SMILES string of the molecule is COC1CCN(c2ncc(CC(C)N)cc2C)CC1. The molecule has 1 saturated heterocycles. The van der Waals surface area contributed by atoms with Gasteiger partial charge in [-0.1, -0.05) is 6.07 Å². The summed E-state index contributed by atoms with van der Waals surface area (Å²) in [6.45, 7) is 6.21. The van der Waals surface area contributed by atoms with Gasteiger partial charge in [0.15, 0.2) is 0 Å². The molecular formula is C15H25N3O. The Balaban J connectivity index is 2.05. The van der Waals surface area contributed by atoms with Crippen molar-refractivity contribution in [1.29, 1.82) is 0 Å². The molecule has 0 aromatic carbocycles. The average Bonchev–Trinajstić information content (AvgIpc) is 2.38. The summed E-state index contributed by atoms with van der Waals surface area (Å²) in [7, 11) is 1.80. The molecule has 1 aromatic heterocycles. The molecule has 2 N–H and O–H groups in total. The molecule has 2 heterocycles. The molecule has 2 rings (SSSR count). The van der Waals surface area contributed by atoms with Crippen LogP contribution in [0.15, 0.2) is 12.3 Å². The van der Waals surface area contributed by atoms with Gasteiger partial charge in [-0.3, -0.25) is 0 Å². The van der Waals surface area contributed by atoms with Crippen LogP contribution in [0.2, 0.25) is 0 Å². The standard InChI is InChI=1S/C15H25N3O/c1-11-8-13(9-12(2)16)10-17-15(11)18-6-4-14(19-3)5-7-18/h8,10,12,14H,4-7,9,16H2,1-3H3. The molecule has 1 aliphatic heterocycles. The number of nitrogens with two attached hydrogens (primary N) is 1. The predicted octanol–water partition coefficient (Wildman–Crippen LogP) is 1.89. The zero-order chi connectivity index (χ0) is 13.8. The van der Waals surface area contributed by atoms with E-state index < -0.39 is 0 Å². The van der Waals surface area contributed by atoms with Gasteiger partial charge in [0, 0.05) is 32.4 Å². The Hall–Kier alpha value is -1.13. The zero-order valence-electron chi connectivity index (χ0n) is 12.2. The van der Waals surface area contributed by atoms with Crippen molar-refractivity contribution in [1.82, 2.24) is 4.98 Å². The van der Waals surface area contributed by atoms with E-state index in [2.05, 4.69) is 22.9 Å². The number of anilines is 1. The summed E-state index contributed by atoms with van der Waals surface area (Å²) in [6, 6.07) is 2.40. The highest BCUT2D eigenvalue weighted by Gasteiger charge is 2.20. The Morgan fingerprint density at radius 3 is 2.68 bits per heavy atom. The molecule has 19 heavy (non-hydrogen) atoms. The maximum absolute atomic E-state index is 5.83. The fourth-order valence-electron chi connectivity index (χ4n) is 2.74. The van der Waals surface area contributed by atoms with Crippen molar-refractivity contribution in [3.05, 3.63) is 23.4 Å². The van der Waals surface area contributed by atoms with Crippen LogP contribution in [0.4, 0.5) is 5.82 Å². The lowest BCUT2D eigenvalue weighted by molar-refractivity contribution is 0.0818. The van der Waals surface area contributed by atoms with Gasteiger partial charge in [-0.2, -0.15) is 0 Å². The summed E-state index contributed by atoms with van der Waals surface area (Å²) in [5, 5.41) is 0. The van der Waals surface area contributed by atoms with Crippen LogP contribution in [0.3, 0.4) is 0 Å². The smallest absolute Gasteiger partial charge is 0.131 e. The van der Waals surface area contributed by atoms with Crippen LogP contribution < -0.4 is 10.6 Å². The van der Waals surface area contributed by atoms with Gasteiger partial charge in [-0.25, -0.2) is 4.98 Å². The molecule has 106 valence electrons. The van der Waals surface area contributed by atoms with Crippen molar-refractivity contribution in [2.75, 3.05) is 25.1 Å². The Morgan fingerprint density at radius 1 is 1.47 bits per heavy atom. The fourth-order valence-corrected chi connectivity index (χ4v) is 2.74. The minimum Gasteiger partial charge on any atom is -0.381 e. The topological polar surface area (TPSA) is 51.4 Å². The van der Waals surface area contributed by atoms with E-state index in [4.69, 9.17) is 10.5 Å².